The van der Waals surface area contributed by atoms with Crippen LogP contribution >= 0.6 is 0 Å². The van der Waals surface area contributed by atoms with Crippen LogP contribution in [0.5, 0.6) is 5.75 Å². The van der Waals surface area contributed by atoms with Crippen LogP contribution in [0.4, 0.5) is 18.9 Å². The van der Waals surface area contributed by atoms with Crippen LogP contribution in [0.2, 0.25) is 0 Å². The van der Waals surface area contributed by atoms with E-state index in [2.05, 4.69) is 10.1 Å². The van der Waals surface area contributed by atoms with Crippen LogP contribution in [0, 0.1) is 0 Å². The van der Waals surface area contributed by atoms with Gasteiger partial charge in [0.1, 0.15) is 5.75 Å². The Labute approximate surface area is 126 Å². The summed E-state index contributed by atoms with van der Waals surface area (Å²) >= 11 is 0. The number of benzene rings is 1. The van der Waals surface area contributed by atoms with Crippen molar-refractivity contribution in [2.75, 3.05) is 31.6 Å². The second-order valence-corrected chi connectivity index (χ2v) is 4.62. The third-order valence-corrected chi connectivity index (χ3v) is 2.69. The molecule has 124 valence electrons. The molecule has 0 saturated carbocycles. The number of hydrogen-bond acceptors (Lipinski definition) is 4. The van der Waals surface area contributed by atoms with Crippen molar-refractivity contribution in [3.63, 3.8) is 0 Å². The molecule has 0 aromatic heterocycles. The van der Waals surface area contributed by atoms with Crippen molar-refractivity contribution >= 4 is 11.6 Å². The fourth-order valence-electron chi connectivity index (χ4n) is 1.87. The fourth-order valence-corrected chi connectivity index (χ4v) is 1.87. The number of carbonyl (C=O) groups is 1. The minimum atomic E-state index is -4.74. The highest BCUT2D eigenvalue weighted by Gasteiger charge is 2.30. The maximum absolute atomic E-state index is 12.0. The van der Waals surface area contributed by atoms with E-state index in [4.69, 9.17) is 5.11 Å². The Morgan fingerprint density at radius 2 is 1.91 bits per heavy atom. The van der Waals surface area contributed by atoms with Gasteiger partial charge in [-0.25, -0.2) is 0 Å². The zero-order valence-corrected chi connectivity index (χ0v) is 12.2. The van der Waals surface area contributed by atoms with Gasteiger partial charge in [0.05, 0.1) is 13.2 Å². The van der Waals surface area contributed by atoms with Crippen LogP contribution in [0.3, 0.4) is 0 Å². The smallest absolute Gasteiger partial charge is 0.406 e. The van der Waals surface area contributed by atoms with Gasteiger partial charge in [0.15, 0.2) is 0 Å². The van der Waals surface area contributed by atoms with Gasteiger partial charge in [0.2, 0.25) is 5.91 Å². The van der Waals surface area contributed by atoms with Crippen LogP contribution in [-0.2, 0) is 4.79 Å². The molecule has 22 heavy (non-hydrogen) atoms. The van der Waals surface area contributed by atoms with Crippen molar-refractivity contribution in [3.05, 3.63) is 24.3 Å². The molecule has 5 nitrogen and oxygen atoms in total. The van der Waals surface area contributed by atoms with Gasteiger partial charge in [-0.15, -0.1) is 13.2 Å². The number of nitrogens with zero attached hydrogens (tertiary/aromatic N) is 1. The van der Waals surface area contributed by atoms with Crippen molar-refractivity contribution in [2.45, 2.75) is 19.7 Å². The number of amides is 1. The van der Waals surface area contributed by atoms with Crippen LogP contribution in [-0.4, -0.2) is 48.5 Å². The van der Waals surface area contributed by atoms with E-state index >= 15 is 0 Å². The van der Waals surface area contributed by atoms with Crippen molar-refractivity contribution in [1.29, 1.82) is 0 Å². The largest absolute Gasteiger partial charge is 0.573 e. The summed E-state index contributed by atoms with van der Waals surface area (Å²) in [6.45, 7) is 3.08. The number of alkyl halides is 3. The first kappa shape index (κ1) is 18.2. The number of halogens is 3. The van der Waals surface area contributed by atoms with Gasteiger partial charge in [-0.3, -0.25) is 9.69 Å². The summed E-state index contributed by atoms with van der Waals surface area (Å²) in [5.74, 6) is -0.648. The second-order valence-electron chi connectivity index (χ2n) is 4.62. The minimum Gasteiger partial charge on any atom is -0.406 e. The summed E-state index contributed by atoms with van der Waals surface area (Å²) < 4.78 is 39.8. The van der Waals surface area contributed by atoms with E-state index in [1.165, 1.54) is 12.1 Å². The predicted octanol–water partition coefficient (Wildman–Crippen LogP) is 2.23. The first-order valence-corrected chi connectivity index (χ1v) is 6.83. The quantitative estimate of drug-likeness (QED) is 0.771. The van der Waals surface area contributed by atoms with Gasteiger partial charge >= 0.3 is 6.36 Å². The predicted molar refractivity (Wildman–Crippen MR) is 75.6 cm³/mol. The molecule has 0 aliphatic rings. The number of hydrogen-bond donors (Lipinski definition) is 2. The van der Waals surface area contributed by atoms with E-state index in [-0.39, 0.29) is 24.8 Å². The summed E-state index contributed by atoms with van der Waals surface area (Å²) in [6, 6.07) is 4.91. The maximum Gasteiger partial charge on any atom is 0.573 e. The number of rotatable bonds is 8. The normalized spacial score (nSPS) is 11.5. The number of carbonyl (C=O) groups excluding carboxylic acids is 1. The lowest BCUT2D eigenvalue weighted by atomic mass is 10.3. The fraction of sp³-hybridized carbons (Fsp3) is 0.500. The minimum absolute atomic E-state index is 0.0449. The molecule has 2 N–H and O–H groups in total. The molecule has 0 spiro atoms. The van der Waals surface area contributed by atoms with Crippen molar-refractivity contribution in [2.24, 2.45) is 0 Å². The first-order valence-electron chi connectivity index (χ1n) is 6.83. The van der Waals surface area contributed by atoms with Crippen LogP contribution in [0.1, 0.15) is 13.3 Å². The molecule has 0 aliphatic heterocycles. The third kappa shape index (κ3) is 7.28. The molecule has 1 amide bonds. The van der Waals surface area contributed by atoms with Gasteiger partial charge < -0.3 is 15.2 Å². The molecule has 0 saturated heterocycles. The zero-order valence-electron chi connectivity index (χ0n) is 12.2. The Morgan fingerprint density at radius 3 is 2.41 bits per heavy atom. The molecule has 0 fully saturated rings. The summed E-state index contributed by atoms with van der Waals surface area (Å²) in [6.07, 6.45) is -3.90. The monoisotopic (exact) mass is 320 g/mol. The Hall–Kier alpha value is -1.80. The van der Waals surface area contributed by atoms with Gasteiger partial charge in [-0.05, 0) is 37.2 Å². The number of aliphatic hydroxyl groups excluding tert-OH is 1. The topological polar surface area (TPSA) is 61.8 Å². The molecule has 0 atom stereocenters. The summed E-state index contributed by atoms with van der Waals surface area (Å²) in [7, 11) is 0. The number of anilines is 1. The molecule has 0 aliphatic carbocycles. The van der Waals surface area contributed by atoms with E-state index in [0.717, 1.165) is 18.6 Å². The SMILES string of the molecule is CCCN(CCO)CC(=O)Nc1ccc(OC(F)(F)F)cc1. The number of nitrogens with one attached hydrogen (secondary N) is 1. The Kier molecular flexibility index (Phi) is 7.13. The van der Waals surface area contributed by atoms with E-state index in [1.54, 1.807) is 4.90 Å². The van der Waals surface area contributed by atoms with Gasteiger partial charge in [-0.2, -0.15) is 0 Å². The molecule has 0 bridgehead atoms. The Morgan fingerprint density at radius 1 is 1.27 bits per heavy atom. The molecule has 0 unspecified atom stereocenters. The van der Waals surface area contributed by atoms with Gasteiger partial charge in [0, 0.05) is 12.2 Å². The lowest BCUT2D eigenvalue weighted by Gasteiger charge is -2.19. The zero-order chi connectivity index (χ0) is 16.6. The summed E-state index contributed by atoms with van der Waals surface area (Å²) in [5.41, 5.74) is 0.375. The van der Waals surface area contributed by atoms with Crippen molar-refractivity contribution < 1.29 is 27.8 Å². The lowest BCUT2D eigenvalue weighted by molar-refractivity contribution is -0.274. The molecule has 1 aromatic carbocycles. The van der Waals surface area contributed by atoms with Gasteiger partial charge in [0.25, 0.3) is 0 Å². The number of aliphatic hydroxyl groups is 1. The Balaban J connectivity index is 2.53. The highest BCUT2D eigenvalue weighted by atomic mass is 19.4. The molecular weight excluding hydrogens is 301 g/mol. The third-order valence-electron chi connectivity index (χ3n) is 2.69. The first-order chi connectivity index (χ1) is 10.3. The van der Waals surface area contributed by atoms with Gasteiger partial charge in [-0.1, -0.05) is 6.92 Å². The molecule has 8 heteroatoms. The van der Waals surface area contributed by atoms with E-state index in [0.29, 0.717) is 18.8 Å². The molecule has 0 heterocycles. The molecular formula is C14H19F3N2O3. The average Bonchev–Trinajstić information content (AvgIpc) is 2.40. The number of ether oxygens (including phenoxy) is 1. The van der Waals surface area contributed by atoms with Crippen LogP contribution in [0.25, 0.3) is 0 Å². The molecule has 1 rings (SSSR count). The van der Waals surface area contributed by atoms with Crippen molar-refractivity contribution in [1.82, 2.24) is 4.90 Å². The van der Waals surface area contributed by atoms with E-state index in [9.17, 15) is 18.0 Å². The Bertz CT molecular complexity index is 457. The lowest BCUT2D eigenvalue weighted by Crippen LogP contribution is -2.35. The maximum atomic E-state index is 12.0. The van der Waals surface area contributed by atoms with Crippen molar-refractivity contribution in [3.8, 4) is 5.75 Å². The van der Waals surface area contributed by atoms with E-state index in [1.807, 2.05) is 6.92 Å². The second kappa shape index (κ2) is 8.60. The average molecular weight is 320 g/mol. The van der Waals surface area contributed by atoms with E-state index < -0.39 is 6.36 Å². The highest BCUT2D eigenvalue weighted by Crippen LogP contribution is 2.23. The molecule has 0 radical (unpaired) electrons. The standard InChI is InChI=1S/C14H19F3N2O3/c1-2-7-19(8-9-20)10-13(21)18-11-3-5-12(6-4-11)22-14(15,16)17/h3-6,20H,2,7-10H2,1H3,(H,18,21). The highest BCUT2D eigenvalue weighted by molar-refractivity contribution is 5.92. The summed E-state index contributed by atoms with van der Waals surface area (Å²) in [4.78, 5) is 13.6. The summed E-state index contributed by atoms with van der Waals surface area (Å²) in [5, 5.41) is 11.5. The molecule has 1 aromatic rings. The van der Waals surface area contributed by atoms with Crippen LogP contribution in [0.15, 0.2) is 24.3 Å². The van der Waals surface area contributed by atoms with Crippen LogP contribution < -0.4 is 10.1 Å².